The van der Waals surface area contributed by atoms with Crippen LogP contribution in [0.4, 0.5) is 21.5 Å². The van der Waals surface area contributed by atoms with Crippen LogP contribution in [0.15, 0.2) is 170 Å². The maximum Gasteiger partial charge on any atom is 0.123 e. The lowest BCUT2D eigenvalue weighted by atomic mass is 9.81. The van der Waals surface area contributed by atoms with Gasteiger partial charge in [-0.15, -0.1) is 11.3 Å². The Bertz CT molecular complexity index is 2830. The van der Waals surface area contributed by atoms with Crippen LogP contribution >= 0.6 is 11.3 Å². The van der Waals surface area contributed by atoms with Gasteiger partial charge in [-0.3, -0.25) is 0 Å². The maximum atomic E-state index is 13.8. The van der Waals surface area contributed by atoms with Crippen molar-refractivity contribution in [3.8, 4) is 33.4 Å². The van der Waals surface area contributed by atoms with E-state index in [0.29, 0.717) is 0 Å². The molecule has 9 aromatic rings. The van der Waals surface area contributed by atoms with Gasteiger partial charge < -0.3 is 4.90 Å². The third-order valence-electron chi connectivity index (χ3n) is 10.9. The van der Waals surface area contributed by atoms with Gasteiger partial charge in [-0.1, -0.05) is 135 Å². The first kappa shape index (κ1) is 30.8. The van der Waals surface area contributed by atoms with Crippen molar-refractivity contribution >= 4 is 59.3 Å². The SMILES string of the molecule is CC1(C)c2ccccc2-c2ccc(-c3cccc(N(c4ccc(-c5ccc(F)cc5)cc4)c4cccc5c4sc4c6ccccc6ccc54)c3)cc21. The molecular weight excluding hydrogens is 654 g/mol. The highest BCUT2D eigenvalue weighted by Gasteiger charge is 2.35. The summed E-state index contributed by atoms with van der Waals surface area (Å²) < 4.78 is 16.3. The van der Waals surface area contributed by atoms with E-state index < -0.39 is 0 Å². The molecule has 0 radical (unpaired) electrons. The highest BCUT2D eigenvalue weighted by Crippen LogP contribution is 2.50. The molecule has 0 aliphatic heterocycles. The zero-order valence-electron chi connectivity index (χ0n) is 28.9. The molecule has 1 aromatic heterocycles. The zero-order valence-corrected chi connectivity index (χ0v) is 29.7. The van der Waals surface area contributed by atoms with Gasteiger partial charge in [-0.2, -0.15) is 0 Å². The number of benzene rings is 8. The summed E-state index contributed by atoms with van der Waals surface area (Å²) in [6.45, 7) is 4.67. The van der Waals surface area contributed by atoms with E-state index in [4.69, 9.17) is 0 Å². The lowest BCUT2D eigenvalue weighted by Crippen LogP contribution is -2.14. The van der Waals surface area contributed by atoms with Gasteiger partial charge in [0.15, 0.2) is 0 Å². The zero-order chi connectivity index (χ0) is 35.0. The third-order valence-corrected chi connectivity index (χ3v) is 12.2. The molecule has 0 fully saturated rings. The van der Waals surface area contributed by atoms with Crippen molar-refractivity contribution in [2.24, 2.45) is 0 Å². The molecule has 1 aliphatic rings. The summed E-state index contributed by atoms with van der Waals surface area (Å²) in [5.74, 6) is -0.230. The van der Waals surface area contributed by atoms with E-state index >= 15 is 0 Å². The topological polar surface area (TPSA) is 3.24 Å². The minimum absolute atomic E-state index is 0.0706. The molecule has 52 heavy (non-hydrogen) atoms. The number of thiophene rings is 1. The van der Waals surface area contributed by atoms with E-state index in [9.17, 15) is 4.39 Å². The molecule has 1 heterocycles. The highest BCUT2D eigenvalue weighted by atomic mass is 32.1. The Kier molecular flexibility index (Phi) is 6.96. The van der Waals surface area contributed by atoms with Crippen molar-refractivity contribution in [3.05, 3.63) is 187 Å². The van der Waals surface area contributed by atoms with Crippen LogP contribution in [0, 0.1) is 5.82 Å². The molecule has 0 unspecified atom stereocenters. The second-order valence-corrected chi connectivity index (χ2v) is 15.3. The predicted octanol–water partition coefficient (Wildman–Crippen LogP) is 14.5. The molecule has 0 spiro atoms. The van der Waals surface area contributed by atoms with E-state index in [1.54, 1.807) is 0 Å². The lowest BCUT2D eigenvalue weighted by molar-refractivity contribution is 0.628. The molecule has 0 amide bonds. The number of nitrogens with zero attached hydrogens (tertiary/aromatic N) is 1. The van der Waals surface area contributed by atoms with Crippen LogP contribution in [0.1, 0.15) is 25.0 Å². The molecule has 8 aromatic carbocycles. The molecule has 1 aliphatic carbocycles. The number of fused-ring (bicyclic) bond motifs is 8. The van der Waals surface area contributed by atoms with Crippen LogP contribution in [-0.4, -0.2) is 0 Å². The first-order valence-electron chi connectivity index (χ1n) is 17.8. The maximum absolute atomic E-state index is 13.8. The molecular formula is C49H34FNS. The third kappa shape index (κ3) is 4.81. The van der Waals surface area contributed by atoms with E-state index in [1.165, 1.54) is 76.5 Å². The Balaban J connectivity index is 1.15. The Morgan fingerprint density at radius 1 is 0.462 bits per heavy atom. The van der Waals surface area contributed by atoms with E-state index in [2.05, 4.69) is 164 Å². The molecule has 248 valence electrons. The van der Waals surface area contributed by atoms with E-state index in [1.807, 2.05) is 23.5 Å². The Morgan fingerprint density at radius 2 is 1.12 bits per heavy atom. The normalized spacial score (nSPS) is 13.1. The number of hydrogen-bond donors (Lipinski definition) is 0. The van der Waals surface area contributed by atoms with Gasteiger partial charge in [0.1, 0.15) is 5.82 Å². The Hall–Kier alpha value is -6.03. The smallest absolute Gasteiger partial charge is 0.123 e. The fourth-order valence-electron chi connectivity index (χ4n) is 8.27. The molecule has 0 bridgehead atoms. The number of hydrogen-bond acceptors (Lipinski definition) is 2. The van der Waals surface area contributed by atoms with Crippen LogP contribution in [0.5, 0.6) is 0 Å². The standard InChI is InChI=1S/C49H34FNS/c1-49(2)44-15-6-5-13-40(44)41-27-22-35(30-45(41)49)34-10-7-11-38(29-34)51(37-25-19-32(20-26-37)31-17-23-36(50)24-18-31)46-16-8-14-42-43-28-21-33-9-3-4-12-39(33)47(43)52-48(42)46/h3-30H,1-2H3. The average Bonchev–Trinajstić information content (AvgIpc) is 3.69. The Labute approximate surface area is 306 Å². The summed E-state index contributed by atoms with van der Waals surface area (Å²) >= 11 is 1.87. The fraction of sp³-hybridized carbons (Fsp3) is 0.0612. The van der Waals surface area contributed by atoms with Crippen molar-refractivity contribution in [2.75, 3.05) is 4.90 Å². The lowest BCUT2D eigenvalue weighted by Gasteiger charge is -2.27. The van der Waals surface area contributed by atoms with Gasteiger partial charge >= 0.3 is 0 Å². The van der Waals surface area contributed by atoms with Crippen molar-refractivity contribution in [3.63, 3.8) is 0 Å². The van der Waals surface area contributed by atoms with Crippen molar-refractivity contribution in [1.29, 1.82) is 0 Å². The molecule has 0 atom stereocenters. The van der Waals surface area contributed by atoms with Crippen LogP contribution in [-0.2, 0) is 5.41 Å². The quantitative estimate of drug-likeness (QED) is 0.174. The van der Waals surface area contributed by atoms with Crippen molar-refractivity contribution in [2.45, 2.75) is 19.3 Å². The van der Waals surface area contributed by atoms with Crippen molar-refractivity contribution in [1.82, 2.24) is 0 Å². The molecule has 1 nitrogen and oxygen atoms in total. The molecule has 10 rings (SSSR count). The molecule has 0 saturated heterocycles. The molecule has 0 N–H and O–H groups in total. The fourth-order valence-corrected chi connectivity index (χ4v) is 9.61. The van der Waals surface area contributed by atoms with Crippen LogP contribution in [0.25, 0.3) is 64.3 Å². The van der Waals surface area contributed by atoms with Gasteiger partial charge in [0.05, 0.1) is 10.4 Å². The monoisotopic (exact) mass is 687 g/mol. The summed E-state index contributed by atoms with van der Waals surface area (Å²) in [6, 6.07) is 59.9. The van der Waals surface area contributed by atoms with Crippen LogP contribution in [0.2, 0.25) is 0 Å². The number of halogens is 1. The summed E-state index contributed by atoms with van der Waals surface area (Å²) in [5, 5.41) is 5.08. The highest BCUT2D eigenvalue weighted by molar-refractivity contribution is 7.27. The van der Waals surface area contributed by atoms with E-state index in [0.717, 1.165) is 28.2 Å². The largest absolute Gasteiger partial charge is 0.309 e. The Morgan fingerprint density at radius 3 is 1.96 bits per heavy atom. The summed E-state index contributed by atoms with van der Waals surface area (Å²) in [5.41, 5.74) is 13.0. The number of anilines is 3. The molecule has 3 heteroatoms. The summed E-state index contributed by atoms with van der Waals surface area (Å²) in [6.07, 6.45) is 0. The van der Waals surface area contributed by atoms with Gasteiger partial charge in [-0.25, -0.2) is 4.39 Å². The van der Waals surface area contributed by atoms with Crippen molar-refractivity contribution < 1.29 is 4.39 Å². The molecule has 0 saturated carbocycles. The second kappa shape index (κ2) is 11.8. The van der Waals surface area contributed by atoms with Crippen LogP contribution in [0.3, 0.4) is 0 Å². The van der Waals surface area contributed by atoms with Gasteiger partial charge in [-0.05, 0) is 104 Å². The minimum atomic E-state index is -0.230. The minimum Gasteiger partial charge on any atom is -0.309 e. The number of rotatable bonds is 5. The first-order chi connectivity index (χ1) is 25.4. The summed E-state index contributed by atoms with van der Waals surface area (Å²) in [4.78, 5) is 2.39. The predicted molar refractivity (Wildman–Crippen MR) is 220 cm³/mol. The van der Waals surface area contributed by atoms with Crippen LogP contribution < -0.4 is 4.90 Å². The second-order valence-electron chi connectivity index (χ2n) is 14.3. The van der Waals surface area contributed by atoms with Gasteiger partial charge in [0, 0.05) is 32.3 Å². The first-order valence-corrected chi connectivity index (χ1v) is 18.6. The van der Waals surface area contributed by atoms with Gasteiger partial charge in [0.25, 0.3) is 0 Å². The average molecular weight is 688 g/mol. The summed E-state index contributed by atoms with van der Waals surface area (Å²) in [7, 11) is 0. The van der Waals surface area contributed by atoms with E-state index in [-0.39, 0.29) is 11.2 Å². The van der Waals surface area contributed by atoms with Gasteiger partial charge in [0.2, 0.25) is 0 Å².